The van der Waals surface area contributed by atoms with Gasteiger partial charge in [0.05, 0.1) is 18.7 Å². The number of para-hydroxylation sites is 1. The average molecular weight is 518 g/mol. The van der Waals surface area contributed by atoms with Crippen LogP contribution < -0.4 is 10.2 Å². The van der Waals surface area contributed by atoms with Crippen molar-refractivity contribution in [3.63, 3.8) is 0 Å². The van der Waals surface area contributed by atoms with Gasteiger partial charge in [-0.05, 0) is 55.2 Å². The minimum absolute atomic E-state index is 0.00132. The van der Waals surface area contributed by atoms with Crippen LogP contribution >= 0.6 is 11.6 Å². The first-order chi connectivity index (χ1) is 17.9. The van der Waals surface area contributed by atoms with E-state index in [0.717, 1.165) is 27.8 Å². The van der Waals surface area contributed by atoms with E-state index in [1.165, 1.54) is 0 Å². The number of aryl methyl sites for hydroxylation is 1. The van der Waals surface area contributed by atoms with Crippen LogP contribution in [0.15, 0.2) is 48.5 Å². The third-order valence-electron chi connectivity index (χ3n) is 7.95. The first kappa shape index (κ1) is 23.8. The average Bonchev–Trinajstić information content (AvgIpc) is 3.29. The molecule has 2 fully saturated rings. The van der Waals surface area contributed by atoms with E-state index < -0.39 is 5.41 Å². The predicted molar refractivity (Wildman–Crippen MR) is 140 cm³/mol. The third-order valence-corrected chi connectivity index (χ3v) is 8.19. The number of amides is 3. The molecule has 2 N–H and O–H groups in total. The van der Waals surface area contributed by atoms with Gasteiger partial charge < -0.3 is 24.8 Å². The number of fused-ring (bicyclic) bond motifs is 3. The zero-order valence-electron chi connectivity index (χ0n) is 20.4. The Balaban J connectivity index is 1.27. The summed E-state index contributed by atoms with van der Waals surface area (Å²) in [5.74, 6) is 0.00341. The Morgan fingerprint density at radius 1 is 1.19 bits per heavy atom. The number of carbonyl (C=O) groups is 2. The number of aliphatic hydroxyl groups excluding tert-OH is 1. The van der Waals surface area contributed by atoms with E-state index in [2.05, 4.69) is 22.0 Å². The summed E-state index contributed by atoms with van der Waals surface area (Å²) in [7, 11) is 0. The first-order valence-electron chi connectivity index (χ1n) is 12.7. The summed E-state index contributed by atoms with van der Waals surface area (Å²) in [5, 5.41) is 23.2. The molecule has 1 aliphatic carbocycles. The van der Waals surface area contributed by atoms with Crippen molar-refractivity contribution in [3.8, 4) is 6.07 Å². The zero-order chi connectivity index (χ0) is 25.7. The van der Waals surface area contributed by atoms with Gasteiger partial charge in [-0.2, -0.15) is 5.26 Å². The lowest BCUT2D eigenvalue weighted by atomic mass is 9.74. The lowest BCUT2D eigenvalue weighted by Crippen LogP contribution is -2.67. The lowest BCUT2D eigenvalue weighted by molar-refractivity contribution is -0.128. The SMILES string of the molecule is N#CCCCn1c(CN2C(=O)C3(CN(C(=O)NC4CC(O)C4)C3)c3ccccc32)cc2cc(Cl)ccc21. The molecule has 0 radical (unpaired) electrons. The number of unbranched alkanes of at least 4 members (excludes halogenated alkanes) is 1. The summed E-state index contributed by atoms with van der Waals surface area (Å²) >= 11 is 6.26. The second kappa shape index (κ2) is 9.09. The van der Waals surface area contributed by atoms with Gasteiger partial charge >= 0.3 is 6.03 Å². The van der Waals surface area contributed by atoms with Crippen LogP contribution in [0.2, 0.25) is 5.02 Å². The van der Waals surface area contributed by atoms with Crippen LogP contribution in [-0.4, -0.2) is 51.7 Å². The van der Waals surface area contributed by atoms with E-state index in [4.69, 9.17) is 16.9 Å². The molecular formula is C28H28ClN5O3. The number of nitrogens with one attached hydrogen (secondary N) is 1. The van der Waals surface area contributed by atoms with Crippen molar-refractivity contribution in [2.45, 2.75) is 56.3 Å². The number of aromatic nitrogens is 1. The Bertz CT molecular complexity index is 1430. The molecule has 190 valence electrons. The van der Waals surface area contributed by atoms with Crippen molar-refractivity contribution in [2.24, 2.45) is 0 Å². The Morgan fingerprint density at radius 2 is 1.97 bits per heavy atom. The minimum Gasteiger partial charge on any atom is -0.393 e. The Hall–Kier alpha value is -3.54. The van der Waals surface area contributed by atoms with Crippen LogP contribution in [0, 0.1) is 11.3 Å². The molecule has 0 unspecified atom stereocenters. The summed E-state index contributed by atoms with van der Waals surface area (Å²) in [6.45, 7) is 1.73. The highest BCUT2D eigenvalue weighted by Crippen LogP contribution is 2.48. The summed E-state index contributed by atoms with van der Waals surface area (Å²) < 4.78 is 2.18. The summed E-state index contributed by atoms with van der Waals surface area (Å²) in [6.07, 6.45) is 1.99. The van der Waals surface area contributed by atoms with Crippen LogP contribution in [0.4, 0.5) is 10.5 Å². The highest BCUT2D eigenvalue weighted by atomic mass is 35.5. The van der Waals surface area contributed by atoms with E-state index in [1.54, 1.807) is 4.90 Å². The van der Waals surface area contributed by atoms with E-state index in [1.807, 2.05) is 47.4 Å². The second-order valence-corrected chi connectivity index (χ2v) is 10.8. The molecule has 1 aromatic heterocycles. The number of nitriles is 1. The van der Waals surface area contributed by atoms with Gasteiger partial charge in [0.15, 0.2) is 0 Å². The number of benzene rings is 2. The third kappa shape index (κ3) is 3.94. The van der Waals surface area contributed by atoms with Gasteiger partial charge in [0, 0.05) is 59.4 Å². The maximum atomic E-state index is 14.0. The van der Waals surface area contributed by atoms with Crippen molar-refractivity contribution >= 4 is 40.1 Å². The van der Waals surface area contributed by atoms with E-state index in [-0.39, 0.29) is 24.1 Å². The lowest BCUT2D eigenvalue weighted by Gasteiger charge is -2.47. The molecule has 8 nitrogen and oxygen atoms in total. The van der Waals surface area contributed by atoms with Gasteiger partial charge in [-0.1, -0.05) is 29.8 Å². The van der Waals surface area contributed by atoms with E-state index in [9.17, 15) is 14.7 Å². The number of anilines is 1. The summed E-state index contributed by atoms with van der Waals surface area (Å²) in [6, 6.07) is 17.7. The quantitative estimate of drug-likeness (QED) is 0.484. The zero-order valence-corrected chi connectivity index (χ0v) is 21.1. The number of carbonyl (C=O) groups excluding carboxylic acids is 2. The van der Waals surface area contributed by atoms with Crippen molar-refractivity contribution in [3.05, 3.63) is 64.8 Å². The van der Waals surface area contributed by atoms with Gasteiger partial charge in [0.25, 0.3) is 0 Å². The van der Waals surface area contributed by atoms with Crippen molar-refractivity contribution in [1.29, 1.82) is 5.26 Å². The summed E-state index contributed by atoms with van der Waals surface area (Å²) in [5.41, 5.74) is 3.10. The molecule has 1 spiro atoms. The number of halogens is 1. The topological polar surface area (TPSA) is 102 Å². The monoisotopic (exact) mass is 517 g/mol. The van der Waals surface area contributed by atoms with Crippen molar-refractivity contribution < 1.29 is 14.7 Å². The van der Waals surface area contributed by atoms with Gasteiger partial charge in [-0.25, -0.2) is 4.79 Å². The molecular weight excluding hydrogens is 490 g/mol. The highest BCUT2D eigenvalue weighted by molar-refractivity contribution is 6.31. The fourth-order valence-electron chi connectivity index (χ4n) is 5.95. The van der Waals surface area contributed by atoms with Crippen molar-refractivity contribution in [1.82, 2.24) is 14.8 Å². The molecule has 3 aromatic rings. The van der Waals surface area contributed by atoms with E-state index >= 15 is 0 Å². The highest BCUT2D eigenvalue weighted by Gasteiger charge is 2.59. The van der Waals surface area contributed by atoms with Crippen LogP contribution in [-0.2, 0) is 23.3 Å². The van der Waals surface area contributed by atoms with Crippen LogP contribution in [0.1, 0.15) is 36.9 Å². The van der Waals surface area contributed by atoms with Crippen LogP contribution in [0.3, 0.4) is 0 Å². The fourth-order valence-corrected chi connectivity index (χ4v) is 6.13. The number of likely N-dealkylation sites (tertiary alicyclic amines) is 1. The molecule has 6 rings (SSSR count). The fraction of sp³-hybridized carbons (Fsp3) is 0.393. The van der Waals surface area contributed by atoms with Crippen molar-refractivity contribution in [2.75, 3.05) is 18.0 Å². The maximum absolute atomic E-state index is 14.0. The van der Waals surface area contributed by atoms with Gasteiger partial charge in [-0.3, -0.25) is 4.79 Å². The molecule has 1 saturated heterocycles. The molecule has 3 amide bonds. The first-order valence-corrected chi connectivity index (χ1v) is 13.1. The second-order valence-electron chi connectivity index (χ2n) is 10.4. The molecule has 3 heterocycles. The Kier molecular flexibility index (Phi) is 5.85. The number of aliphatic hydroxyl groups is 1. The largest absolute Gasteiger partial charge is 0.393 e. The number of rotatable bonds is 6. The number of hydrogen-bond donors (Lipinski definition) is 2. The number of urea groups is 1. The molecule has 2 aliphatic heterocycles. The Morgan fingerprint density at radius 3 is 2.73 bits per heavy atom. The molecule has 1 saturated carbocycles. The molecule has 0 bridgehead atoms. The normalized spacial score (nSPS) is 21.5. The smallest absolute Gasteiger partial charge is 0.317 e. The molecule has 2 aromatic carbocycles. The standard InChI is InChI=1S/C28H28ClN5O3/c29-19-7-8-24-18(11-19)12-21(33(24)10-4-3-9-30)15-34-25-6-2-1-5-23(25)28(26(34)36)16-32(17-28)27(37)31-20-13-22(35)14-20/h1-2,5-8,11-12,20,22,35H,3-4,10,13-17H2,(H,31,37). The molecule has 9 heteroatoms. The molecule has 0 atom stereocenters. The van der Waals surface area contributed by atoms with Gasteiger partial charge in [0.2, 0.25) is 5.91 Å². The van der Waals surface area contributed by atoms with Crippen LogP contribution in [0.5, 0.6) is 0 Å². The van der Waals surface area contributed by atoms with Crippen LogP contribution in [0.25, 0.3) is 10.9 Å². The Labute approximate surface area is 220 Å². The molecule has 37 heavy (non-hydrogen) atoms. The van der Waals surface area contributed by atoms with E-state index in [0.29, 0.717) is 56.9 Å². The predicted octanol–water partition coefficient (Wildman–Crippen LogP) is 3.93. The number of hydrogen-bond acceptors (Lipinski definition) is 4. The minimum atomic E-state index is -0.742. The number of nitrogens with zero attached hydrogens (tertiary/aromatic N) is 4. The summed E-state index contributed by atoms with van der Waals surface area (Å²) in [4.78, 5) is 30.2. The molecule has 3 aliphatic rings. The van der Waals surface area contributed by atoms with Gasteiger partial charge in [-0.15, -0.1) is 0 Å². The van der Waals surface area contributed by atoms with Gasteiger partial charge in [0.1, 0.15) is 5.41 Å². The maximum Gasteiger partial charge on any atom is 0.317 e.